The molecule has 0 fully saturated rings. The van der Waals surface area contributed by atoms with Crippen LogP contribution in [0.1, 0.15) is 20.3 Å². The number of ether oxygens (including phenoxy) is 2. The van der Waals surface area contributed by atoms with Crippen LogP contribution in [0.25, 0.3) is 0 Å². The van der Waals surface area contributed by atoms with Crippen LogP contribution in [0.4, 0.5) is 0 Å². The second kappa shape index (κ2) is 9.68. The summed E-state index contributed by atoms with van der Waals surface area (Å²) in [6.07, 6.45) is 0.926. The van der Waals surface area contributed by atoms with E-state index in [0.29, 0.717) is 26.4 Å². The molecule has 4 heteroatoms. The van der Waals surface area contributed by atoms with E-state index >= 15 is 0 Å². The summed E-state index contributed by atoms with van der Waals surface area (Å²) in [6.45, 7) is 9.93. The van der Waals surface area contributed by atoms with Crippen LogP contribution in [-0.2, 0) is 14.3 Å². The lowest BCUT2D eigenvalue weighted by Crippen LogP contribution is -2.30. The van der Waals surface area contributed by atoms with Crippen molar-refractivity contribution in [2.24, 2.45) is 0 Å². The van der Waals surface area contributed by atoms with Crippen LogP contribution in [-0.4, -0.2) is 38.9 Å². The molecule has 0 atom stereocenters. The first-order chi connectivity index (χ1) is 7.16. The lowest BCUT2D eigenvalue weighted by Gasteiger charge is -2.06. The lowest BCUT2D eigenvalue weighted by molar-refractivity contribution is -0.125. The van der Waals surface area contributed by atoms with Crippen LogP contribution < -0.4 is 5.32 Å². The van der Waals surface area contributed by atoms with Crippen molar-refractivity contribution in [1.29, 1.82) is 0 Å². The van der Waals surface area contributed by atoms with E-state index < -0.39 is 0 Å². The highest BCUT2D eigenvalue weighted by atomic mass is 16.5. The third-order valence-corrected chi connectivity index (χ3v) is 1.50. The zero-order chi connectivity index (χ0) is 11.5. The highest BCUT2D eigenvalue weighted by Crippen LogP contribution is 1.86. The average Bonchev–Trinajstić information content (AvgIpc) is 2.17. The molecule has 0 aliphatic rings. The molecule has 0 aromatic rings. The number of hydrogen-bond acceptors (Lipinski definition) is 3. The van der Waals surface area contributed by atoms with Gasteiger partial charge in [-0.3, -0.25) is 4.79 Å². The molecule has 15 heavy (non-hydrogen) atoms. The summed E-state index contributed by atoms with van der Waals surface area (Å²) >= 11 is 0. The molecule has 0 saturated heterocycles. The van der Waals surface area contributed by atoms with Gasteiger partial charge in [0.25, 0.3) is 0 Å². The van der Waals surface area contributed by atoms with E-state index in [-0.39, 0.29) is 12.5 Å². The van der Waals surface area contributed by atoms with Crippen molar-refractivity contribution < 1.29 is 14.3 Å². The fourth-order valence-corrected chi connectivity index (χ4v) is 0.869. The minimum Gasteiger partial charge on any atom is -0.375 e. The minimum absolute atomic E-state index is 0.0950. The summed E-state index contributed by atoms with van der Waals surface area (Å²) in [4.78, 5) is 11.1. The molecule has 0 unspecified atom stereocenters. The second-order valence-electron chi connectivity index (χ2n) is 3.41. The van der Waals surface area contributed by atoms with Crippen molar-refractivity contribution in [2.75, 3.05) is 33.0 Å². The van der Waals surface area contributed by atoms with Gasteiger partial charge in [-0.2, -0.15) is 0 Å². The molecule has 0 aromatic carbocycles. The molecule has 1 amide bonds. The Hall–Kier alpha value is -0.870. The van der Waals surface area contributed by atoms with Gasteiger partial charge < -0.3 is 14.8 Å². The van der Waals surface area contributed by atoms with Crippen molar-refractivity contribution in [2.45, 2.75) is 20.3 Å². The van der Waals surface area contributed by atoms with E-state index in [2.05, 4.69) is 11.9 Å². The summed E-state index contributed by atoms with van der Waals surface area (Å²) < 4.78 is 10.3. The van der Waals surface area contributed by atoms with Gasteiger partial charge >= 0.3 is 0 Å². The van der Waals surface area contributed by atoms with E-state index in [4.69, 9.17) is 9.47 Å². The number of carbonyl (C=O) groups excluding carboxylic acids is 1. The maximum absolute atomic E-state index is 11.1. The summed E-state index contributed by atoms with van der Waals surface area (Å²) in [6, 6.07) is 0. The molecule has 0 aliphatic heterocycles. The summed E-state index contributed by atoms with van der Waals surface area (Å²) in [5.74, 6) is -0.0950. The topological polar surface area (TPSA) is 47.6 Å². The molecule has 0 heterocycles. The van der Waals surface area contributed by atoms with Gasteiger partial charge in [-0.05, 0) is 13.3 Å². The highest BCUT2D eigenvalue weighted by molar-refractivity contribution is 5.77. The number of carbonyl (C=O) groups is 1. The molecule has 0 rings (SSSR count). The molecule has 88 valence electrons. The van der Waals surface area contributed by atoms with Crippen LogP contribution in [0.15, 0.2) is 12.2 Å². The predicted octanol–water partition coefficient (Wildman–Crippen LogP) is 1.12. The predicted molar refractivity (Wildman–Crippen MR) is 59.8 cm³/mol. The smallest absolute Gasteiger partial charge is 0.246 e. The Bertz CT molecular complexity index is 192. The Balaban J connectivity index is 3.20. The summed E-state index contributed by atoms with van der Waals surface area (Å²) in [5.41, 5.74) is 0.979. The van der Waals surface area contributed by atoms with Gasteiger partial charge in [0, 0.05) is 13.2 Å². The summed E-state index contributed by atoms with van der Waals surface area (Å²) in [5, 5.41) is 2.70. The van der Waals surface area contributed by atoms with Gasteiger partial charge in [0.1, 0.15) is 6.61 Å². The largest absolute Gasteiger partial charge is 0.375 e. The Kier molecular flexibility index (Phi) is 9.11. The Morgan fingerprint density at radius 3 is 2.53 bits per heavy atom. The molecule has 0 aliphatic carbocycles. The SMILES string of the molecule is C=C(C)COCCNC(=O)COCCC. The zero-order valence-electron chi connectivity index (χ0n) is 9.67. The van der Waals surface area contributed by atoms with Gasteiger partial charge in [-0.15, -0.1) is 0 Å². The van der Waals surface area contributed by atoms with Gasteiger partial charge in [-0.1, -0.05) is 19.1 Å². The molecule has 1 N–H and O–H groups in total. The lowest BCUT2D eigenvalue weighted by atomic mass is 10.4. The highest BCUT2D eigenvalue weighted by Gasteiger charge is 1.99. The minimum atomic E-state index is -0.0950. The van der Waals surface area contributed by atoms with Gasteiger partial charge in [0.05, 0.1) is 13.2 Å². The monoisotopic (exact) mass is 215 g/mol. The fraction of sp³-hybridized carbons (Fsp3) is 0.727. The van der Waals surface area contributed by atoms with Crippen molar-refractivity contribution in [3.8, 4) is 0 Å². The number of nitrogens with one attached hydrogen (secondary N) is 1. The Morgan fingerprint density at radius 2 is 1.93 bits per heavy atom. The summed E-state index contributed by atoms with van der Waals surface area (Å²) in [7, 11) is 0. The first-order valence-electron chi connectivity index (χ1n) is 5.23. The Labute approximate surface area is 91.6 Å². The molecular weight excluding hydrogens is 194 g/mol. The van der Waals surface area contributed by atoms with Crippen LogP contribution in [0.5, 0.6) is 0 Å². The van der Waals surface area contributed by atoms with Crippen LogP contribution in [0, 0.1) is 0 Å². The second-order valence-corrected chi connectivity index (χ2v) is 3.41. The van der Waals surface area contributed by atoms with Crippen LogP contribution in [0.3, 0.4) is 0 Å². The zero-order valence-corrected chi connectivity index (χ0v) is 9.67. The van der Waals surface area contributed by atoms with E-state index in [1.807, 2.05) is 13.8 Å². The maximum atomic E-state index is 11.1. The van der Waals surface area contributed by atoms with E-state index in [9.17, 15) is 4.79 Å². The van der Waals surface area contributed by atoms with E-state index in [0.717, 1.165) is 12.0 Å². The first kappa shape index (κ1) is 14.1. The average molecular weight is 215 g/mol. The van der Waals surface area contributed by atoms with E-state index in [1.54, 1.807) is 0 Å². The normalized spacial score (nSPS) is 10.0. The van der Waals surface area contributed by atoms with Crippen molar-refractivity contribution in [1.82, 2.24) is 5.32 Å². The molecular formula is C11H21NO3. The molecule has 4 nitrogen and oxygen atoms in total. The van der Waals surface area contributed by atoms with Crippen molar-refractivity contribution >= 4 is 5.91 Å². The molecule has 0 bridgehead atoms. The van der Waals surface area contributed by atoms with Gasteiger partial charge in [0.2, 0.25) is 5.91 Å². The first-order valence-corrected chi connectivity index (χ1v) is 5.23. The van der Waals surface area contributed by atoms with Gasteiger partial charge in [-0.25, -0.2) is 0 Å². The Morgan fingerprint density at radius 1 is 1.27 bits per heavy atom. The van der Waals surface area contributed by atoms with Crippen molar-refractivity contribution in [3.05, 3.63) is 12.2 Å². The standard InChI is InChI=1S/C11H21NO3/c1-4-6-14-9-11(13)12-5-7-15-8-10(2)3/h2,4-9H2,1,3H3,(H,12,13). The molecule has 0 spiro atoms. The molecule has 0 aromatic heterocycles. The molecule has 0 radical (unpaired) electrons. The van der Waals surface area contributed by atoms with E-state index in [1.165, 1.54) is 0 Å². The van der Waals surface area contributed by atoms with Gasteiger partial charge in [0.15, 0.2) is 0 Å². The van der Waals surface area contributed by atoms with Crippen molar-refractivity contribution in [3.63, 3.8) is 0 Å². The quantitative estimate of drug-likeness (QED) is 0.463. The number of amides is 1. The number of rotatable bonds is 9. The molecule has 0 saturated carbocycles. The fourth-order valence-electron chi connectivity index (χ4n) is 0.869. The third-order valence-electron chi connectivity index (χ3n) is 1.50. The third kappa shape index (κ3) is 11.1. The van der Waals surface area contributed by atoms with Crippen LogP contribution in [0.2, 0.25) is 0 Å². The maximum Gasteiger partial charge on any atom is 0.246 e. The number of hydrogen-bond donors (Lipinski definition) is 1. The van der Waals surface area contributed by atoms with Crippen LogP contribution >= 0.6 is 0 Å².